The van der Waals surface area contributed by atoms with Crippen LogP contribution in [0.2, 0.25) is 0 Å². The van der Waals surface area contributed by atoms with Gasteiger partial charge in [-0.05, 0) is 85.4 Å². The van der Waals surface area contributed by atoms with Crippen LogP contribution in [0.4, 0.5) is 0 Å². The Morgan fingerprint density at radius 3 is 2.80 bits per heavy atom. The highest BCUT2D eigenvalue weighted by molar-refractivity contribution is 7.07. The van der Waals surface area contributed by atoms with Gasteiger partial charge in [0.15, 0.2) is 5.65 Å². The first kappa shape index (κ1) is 19.4. The van der Waals surface area contributed by atoms with Gasteiger partial charge in [0, 0.05) is 24.1 Å². The summed E-state index contributed by atoms with van der Waals surface area (Å²) in [4.78, 5) is 14.3. The van der Waals surface area contributed by atoms with Crippen molar-refractivity contribution in [1.82, 2.24) is 19.4 Å². The predicted molar refractivity (Wildman–Crippen MR) is 122 cm³/mol. The number of hydrogen-bond donors (Lipinski definition) is 1. The molecule has 5 nitrogen and oxygen atoms in total. The van der Waals surface area contributed by atoms with E-state index in [1.807, 2.05) is 18.6 Å². The Balaban J connectivity index is 1.38. The van der Waals surface area contributed by atoms with Crippen LogP contribution in [0.5, 0.6) is 0 Å². The number of pyridine rings is 1. The van der Waals surface area contributed by atoms with Gasteiger partial charge in [0.25, 0.3) is 0 Å². The third-order valence-corrected chi connectivity index (χ3v) is 6.93. The summed E-state index contributed by atoms with van der Waals surface area (Å²) in [6, 6.07) is 8.84. The molecule has 0 saturated heterocycles. The van der Waals surface area contributed by atoms with E-state index in [4.69, 9.17) is 15.7 Å². The minimum absolute atomic E-state index is 0.376. The van der Waals surface area contributed by atoms with Crippen molar-refractivity contribution in [3.8, 4) is 11.4 Å². The highest BCUT2D eigenvalue weighted by Crippen LogP contribution is 2.28. The van der Waals surface area contributed by atoms with Crippen LogP contribution in [0.3, 0.4) is 0 Å². The molecule has 1 saturated carbocycles. The Morgan fingerprint density at radius 1 is 1.07 bits per heavy atom. The van der Waals surface area contributed by atoms with E-state index >= 15 is 0 Å². The number of rotatable bonds is 6. The molecule has 4 aromatic heterocycles. The molecule has 2 N–H and O–H groups in total. The maximum Gasteiger partial charge on any atom is 0.159 e. The molecule has 154 valence electrons. The molecule has 1 fully saturated rings. The van der Waals surface area contributed by atoms with Crippen molar-refractivity contribution in [2.45, 2.75) is 51.0 Å². The van der Waals surface area contributed by atoms with E-state index in [1.54, 1.807) is 11.3 Å². The zero-order valence-corrected chi connectivity index (χ0v) is 17.9. The quantitative estimate of drug-likeness (QED) is 0.494. The van der Waals surface area contributed by atoms with Crippen molar-refractivity contribution in [1.29, 1.82) is 0 Å². The second-order valence-corrected chi connectivity index (χ2v) is 9.12. The average molecular weight is 418 g/mol. The van der Waals surface area contributed by atoms with Crippen LogP contribution in [0.15, 0.2) is 53.6 Å². The number of fused-ring (bicyclic) bond motifs is 1. The molecule has 0 spiro atoms. The number of nitrogens with two attached hydrogens (primary N) is 1. The molecule has 30 heavy (non-hydrogen) atoms. The van der Waals surface area contributed by atoms with E-state index in [0.717, 1.165) is 60.5 Å². The van der Waals surface area contributed by atoms with Crippen molar-refractivity contribution >= 4 is 17.0 Å². The maximum absolute atomic E-state index is 6.07. The van der Waals surface area contributed by atoms with E-state index < -0.39 is 0 Å². The Kier molecular flexibility index (Phi) is 5.60. The van der Waals surface area contributed by atoms with Gasteiger partial charge in [-0.2, -0.15) is 11.3 Å². The highest BCUT2D eigenvalue weighted by atomic mass is 32.1. The van der Waals surface area contributed by atoms with Gasteiger partial charge in [-0.15, -0.1) is 0 Å². The molecule has 0 aliphatic heterocycles. The lowest BCUT2D eigenvalue weighted by Gasteiger charge is -2.25. The first-order valence-corrected chi connectivity index (χ1v) is 11.7. The third kappa shape index (κ3) is 4.16. The van der Waals surface area contributed by atoms with Gasteiger partial charge in [-0.3, -0.25) is 14.4 Å². The fourth-order valence-corrected chi connectivity index (χ4v) is 5.14. The Labute approximate surface area is 181 Å². The molecule has 4 aromatic rings. The van der Waals surface area contributed by atoms with Crippen molar-refractivity contribution < 1.29 is 0 Å². The third-order valence-electron chi connectivity index (χ3n) is 6.19. The number of nitrogens with zero attached hydrogens (tertiary/aromatic N) is 4. The second kappa shape index (κ2) is 8.66. The Morgan fingerprint density at radius 2 is 1.97 bits per heavy atom. The van der Waals surface area contributed by atoms with Crippen LogP contribution in [0.1, 0.15) is 42.6 Å². The van der Waals surface area contributed by atoms with Gasteiger partial charge < -0.3 is 5.73 Å². The summed E-state index contributed by atoms with van der Waals surface area (Å²) >= 11 is 1.75. The lowest BCUT2D eigenvalue weighted by molar-refractivity contribution is 0.323. The molecule has 1 aliphatic rings. The molecule has 0 unspecified atom stereocenters. The van der Waals surface area contributed by atoms with Gasteiger partial charge >= 0.3 is 0 Å². The standard InChI is InChI=1S/C24H27N5S/c25-19-7-4-17(5-8-19)14-22-24-27-15-23(29(24)12-11-26-22)21-3-1-2-20(28-21)9-6-18-10-13-30-16-18/h1-3,10-13,15-17,19H,4-9,14,25H2. The summed E-state index contributed by atoms with van der Waals surface area (Å²) in [6.45, 7) is 0. The van der Waals surface area contributed by atoms with Crippen LogP contribution in [-0.2, 0) is 19.3 Å². The lowest BCUT2D eigenvalue weighted by Crippen LogP contribution is -2.27. The number of aromatic nitrogens is 4. The predicted octanol–water partition coefficient (Wildman–Crippen LogP) is 4.70. The molecule has 0 amide bonds. The second-order valence-electron chi connectivity index (χ2n) is 8.34. The smallest absolute Gasteiger partial charge is 0.159 e. The molecule has 1 aliphatic carbocycles. The molecule has 0 aromatic carbocycles. The highest BCUT2D eigenvalue weighted by Gasteiger charge is 2.21. The average Bonchev–Trinajstić information content (AvgIpc) is 3.44. The van der Waals surface area contributed by atoms with Gasteiger partial charge in [0.05, 0.1) is 23.3 Å². The summed E-state index contributed by atoms with van der Waals surface area (Å²) in [5.41, 5.74) is 12.6. The Hall–Kier alpha value is -2.57. The van der Waals surface area contributed by atoms with Gasteiger partial charge in [-0.25, -0.2) is 4.98 Å². The summed E-state index contributed by atoms with van der Waals surface area (Å²) in [5.74, 6) is 0.655. The summed E-state index contributed by atoms with van der Waals surface area (Å²) < 4.78 is 2.14. The topological polar surface area (TPSA) is 69.1 Å². The van der Waals surface area contributed by atoms with Crippen molar-refractivity contribution in [3.05, 3.63) is 70.6 Å². The van der Waals surface area contributed by atoms with Crippen LogP contribution in [0, 0.1) is 5.92 Å². The molecular weight excluding hydrogens is 390 g/mol. The number of aryl methyl sites for hydroxylation is 2. The monoisotopic (exact) mass is 417 g/mol. The van der Waals surface area contributed by atoms with Crippen molar-refractivity contribution in [2.24, 2.45) is 11.7 Å². The van der Waals surface area contributed by atoms with E-state index in [0.29, 0.717) is 12.0 Å². The first-order chi connectivity index (χ1) is 14.8. The molecule has 0 atom stereocenters. The van der Waals surface area contributed by atoms with Crippen molar-refractivity contribution in [3.63, 3.8) is 0 Å². The van der Waals surface area contributed by atoms with Gasteiger partial charge in [-0.1, -0.05) is 6.07 Å². The minimum Gasteiger partial charge on any atom is -0.328 e. The summed E-state index contributed by atoms with van der Waals surface area (Å²) in [6.07, 6.45) is 13.4. The van der Waals surface area contributed by atoms with Crippen LogP contribution in [-0.4, -0.2) is 25.4 Å². The first-order valence-electron chi connectivity index (χ1n) is 10.8. The maximum atomic E-state index is 6.07. The van der Waals surface area contributed by atoms with E-state index in [1.165, 1.54) is 18.4 Å². The lowest BCUT2D eigenvalue weighted by atomic mass is 9.84. The minimum atomic E-state index is 0.376. The van der Waals surface area contributed by atoms with Crippen LogP contribution in [0.25, 0.3) is 17.0 Å². The van der Waals surface area contributed by atoms with Crippen LogP contribution < -0.4 is 5.73 Å². The van der Waals surface area contributed by atoms with Crippen molar-refractivity contribution in [2.75, 3.05) is 0 Å². The number of hydrogen-bond acceptors (Lipinski definition) is 5. The summed E-state index contributed by atoms with van der Waals surface area (Å²) in [5, 5.41) is 4.34. The largest absolute Gasteiger partial charge is 0.328 e. The normalized spacial score (nSPS) is 19.4. The number of imidazole rings is 1. The van der Waals surface area contributed by atoms with Gasteiger partial charge in [0.1, 0.15) is 0 Å². The fourth-order valence-electron chi connectivity index (χ4n) is 4.44. The summed E-state index contributed by atoms with van der Waals surface area (Å²) in [7, 11) is 0. The molecular formula is C24H27N5S. The van der Waals surface area contributed by atoms with Gasteiger partial charge in [0.2, 0.25) is 0 Å². The van der Waals surface area contributed by atoms with E-state index in [-0.39, 0.29) is 0 Å². The van der Waals surface area contributed by atoms with E-state index in [2.05, 4.69) is 44.4 Å². The molecule has 0 radical (unpaired) electrons. The molecule has 5 rings (SSSR count). The van der Waals surface area contributed by atoms with E-state index in [9.17, 15) is 0 Å². The van der Waals surface area contributed by atoms with Crippen LogP contribution >= 0.6 is 11.3 Å². The molecule has 0 bridgehead atoms. The fraction of sp³-hybridized carbons (Fsp3) is 0.375. The number of thiophene rings is 1. The zero-order chi connectivity index (χ0) is 20.3. The SMILES string of the molecule is NC1CCC(Cc2nccn3c(-c4cccc(CCc5ccsc5)n4)cnc23)CC1. The molecule has 6 heteroatoms. The zero-order valence-electron chi connectivity index (χ0n) is 17.1. The molecule has 4 heterocycles. The Bertz CT molecular complexity index is 1110.